The van der Waals surface area contributed by atoms with E-state index in [1.165, 1.54) is 0 Å². The summed E-state index contributed by atoms with van der Waals surface area (Å²) in [6.07, 6.45) is 16.8. The monoisotopic (exact) mass is 380 g/mol. The van der Waals surface area contributed by atoms with Gasteiger partial charge in [-0.15, -0.1) is 0 Å². The Morgan fingerprint density at radius 2 is 1.19 bits per heavy atom. The Bertz CT molecular complexity index is 435. The van der Waals surface area contributed by atoms with Crippen LogP contribution in [0.15, 0.2) is 24.3 Å². The van der Waals surface area contributed by atoms with Crippen molar-refractivity contribution in [3.8, 4) is 0 Å². The van der Waals surface area contributed by atoms with E-state index >= 15 is 0 Å². The van der Waals surface area contributed by atoms with Crippen LogP contribution in [-0.2, 0) is 9.59 Å². The predicted octanol–water partition coefficient (Wildman–Crippen LogP) is 2.36. The molecular weight excluding hydrogens is 344 g/mol. The molecule has 0 aromatic rings. The highest BCUT2D eigenvalue weighted by Crippen LogP contribution is 2.19. The van der Waals surface area contributed by atoms with E-state index in [-0.39, 0.29) is 37.1 Å². The standard InChI is InChI=1S/C21H36N2O4/c24-16-9-5-1-3-7-14-20(26)22-18-12-11-13-19(18)23-21(27)15-8-4-2-6-10-17-25/h7-8,14-15,18-19,24-25H,1-6,9-13,16-17H2,(H,22,26)(H,23,27)/t18-,19+. The molecule has 0 spiro atoms. The minimum absolute atomic E-state index is 0.0153. The number of carbonyl (C=O) groups is 2. The van der Waals surface area contributed by atoms with Crippen molar-refractivity contribution in [3.63, 3.8) is 0 Å². The van der Waals surface area contributed by atoms with Crippen LogP contribution in [0.2, 0.25) is 0 Å². The molecule has 1 aliphatic rings. The van der Waals surface area contributed by atoms with Crippen LogP contribution in [0.1, 0.15) is 70.6 Å². The number of amides is 2. The molecule has 1 saturated carbocycles. The molecule has 0 radical (unpaired) electrons. The van der Waals surface area contributed by atoms with Gasteiger partial charge in [0.2, 0.25) is 11.8 Å². The van der Waals surface area contributed by atoms with Crippen LogP contribution in [0.25, 0.3) is 0 Å². The maximum Gasteiger partial charge on any atom is 0.243 e. The smallest absolute Gasteiger partial charge is 0.243 e. The molecule has 0 bridgehead atoms. The van der Waals surface area contributed by atoms with Gasteiger partial charge in [-0.1, -0.05) is 25.0 Å². The molecule has 0 aliphatic heterocycles. The first-order chi connectivity index (χ1) is 13.2. The molecule has 1 rings (SSSR count). The second-order valence-electron chi connectivity index (χ2n) is 7.11. The zero-order chi connectivity index (χ0) is 19.7. The summed E-state index contributed by atoms with van der Waals surface area (Å²) in [6.45, 7) is 0.440. The average Bonchev–Trinajstić information content (AvgIpc) is 3.07. The summed E-state index contributed by atoms with van der Waals surface area (Å²) in [6, 6.07) is -0.0307. The lowest BCUT2D eigenvalue weighted by molar-refractivity contribution is -0.119. The van der Waals surface area contributed by atoms with Crippen molar-refractivity contribution >= 4 is 11.8 Å². The van der Waals surface area contributed by atoms with Gasteiger partial charge in [0.25, 0.3) is 0 Å². The van der Waals surface area contributed by atoms with E-state index in [4.69, 9.17) is 10.2 Å². The number of rotatable bonds is 14. The second-order valence-corrected chi connectivity index (χ2v) is 7.11. The number of nitrogens with one attached hydrogen (secondary N) is 2. The molecule has 0 aromatic heterocycles. The number of hydrogen-bond acceptors (Lipinski definition) is 4. The van der Waals surface area contributed by atoms with E-state index in [0.29, 0.717) is 0 Å². The van der Waals surface area contributed by atoms with Crippen LogP contribution in [0.4, 0.5) is 0 Å². The van der Waals surface area contributed by atoms with Crippen LogP contribution < -0.4 is 10.6 Å². The van der Waals surface area contributed by atoms with Crippen LogP contribution >= 0.6 is 0 Å². The van der Waals surface area contributed by atoms with Crippen LogP contribution in [0.5, 0.6) is 0 Å². The van der Waals surface area contributed by atoms with E-state index in [0.717, 1.165) is 70.6 Å². The fraction of sp³-hybridized carbons (Fsp3) is 0.714. The summed E-state index contributed by atoms with van der Waals surface area (Å²) >= 11 is 0. The summed E-state index contributed by atoms with van der Waals surface area (Å²) in [7, 11) is 0. The highest BCUT2D eigenvalue weighted by molar-refractivity contribution is 5.89. The van der Waals surface area contributed by atoms with E-state index in [1.54, 1.807) is 12.2 Å². The first kappa shape index (κ1) is 23.4. The van der Waals surface area contributed by atoms with Gasteiger partial charge in [-0.3, -0.25) is 9.59 Å². The fourth-order valence-corrected chi connectivity index (χ4v) is 3.25. The topological polar surface area (TPSA) is 98.7 Å². The number of hydrogen-bond donors (Lipinski definition) is 4. The number of carbonyl (C=O) groups excluding carboxylic acids is 2. The van der Waals surface area contributed by atoms with Crippen molar-refractivity contribution in [2.45, 2.75) is 82.7 Å². The molecule has 2 amide bonds. The van der Waals surface area contributed by atoms with Crippen molar-refractivity contribution in [1.82, 2.24) is 10.6 Å². The summed E-state index contributed by atoms with van der Waals surface area (Å²) in [5.74, 6) is -0.217. The molecule has 2 atom stereocenters. The van der Waals surface area contributed by atoms with Crippen molar-refractivity contribution in [2.24, 2.45) is 0 Å². The van der Waals surface area contributed by atoms with E-state index in [1.807, 2.05) is 12.2 Å². The summed E-state index contributed by atoms with van der Waals surface area (Å²) < 4.78 is 0. The molecule has 0 unspecified atom stereocenters. The molecule has 1 fully saturated rings. The number of aliphatic hydroxyl groups excluding tert-OH is 2. The molecule has 0 saturated heterocycles. The maximum atomic E-state index is 12.0. The Hall–Kier alpha value is -1.66. The third-order valence-corrected chi connectivity index (χ3v) is 4.77. The molecule has 6 heteroatoms. The highest BCUT2D eigenvalue weighted by Gasteiger charge is 2.28. The minimum atomic E-state index is -0.109. The third kappa shape index (κ3) is 11.6. The summed E-state index contributed by atoms with van der Waals surface area (Å²) in [5, 5.41) is 23.4. The van der Waals surface area contributed by atoms with Gasteiger partial charge in [0.1, 0.15) is 0 Å². The van der Waals surface area contributed by atoms with Crippen LogP contribution in [0, 0.1) is 0 Å². The Morgan fingerprint density at radius 3 is 1.59 bits per heavy atom. The zero-order valence-electron chi connectivity index (χ0n) is 16.4. The largest absolute Gasteiger partial charge is 0.396 e. The molecule has 154 valence electrons. The fourth-order valence-electron chi connectivity index (χ4n) is 3.25. The highest BCUT2D eigenvalue weighted by atomic mass is 16.3. The third-order valence-electron chi connectivity index (χ3n) is 4.77. The van der Waals surface area contributed by atoms with Gasteiger partial charge < -0.3 is 20.8 Å². The van der Waals surface area contributed by atoms with E-state index in [9.17, 15) is 9.59 Å². The Kier molecular flexibility index (Phi) is 13.3. The Labute approximate surface area is 163 Å². The first-order valence-corrected chi connectivity index (χ1v) is 10.3. The number of aliphatic hydroxyl groups is 2. The quantitative estimate of drug-likeness (QED) is 0.275. The number of unbranched alkanes of at least 4 members (excludes halogenated alkanes) is 6. The zero-order valence-corrected chi connectivity index (χ0v) is 16.4. The van der Waals surface area contributed by atoms with Gasteiger partial charge in [0.15, 0.2) is 0 Å². The molecular formula is C21H36N2O4. The Balaban J connectivity index is 2.25. The van der Waals surface area contributed by atoms with Gasteiger partial charge in [0.05, 0.1) is 0 Å². The molecule has 0 heterocycles. The average molecular weight is 381 g/mol. The molecule has 0 aromatic carbocycles. The van der Waals surface area contributed by atoms with Crippen LogP contribution in [-0.4, -0.2) is 47.3 Å². The molecule has 27 heavy (non-hydrogen) atoms. The van der Waals surface area contributed by atoms with Crippen molar-refractivity contribution in [2.75, 3.05) is 13.2 Å². The lowest BCUT2D eigenvalue weighted by atomic mass is 10.1. The minimum Gasteiger partial charge on any atom is -0.396 e. The van der Waals surface area contributed by atoms with Gasteiger partial charge in [-0.2, -0.15) is 0 Å². The lowest BCUT2D eigenvalue weighted by Gasteiger charge is -2.21. The predicted molar refractivity (Wildman–Crippen MR) is 107 cm³/mol. The van der Waals surface area contributed by atoms with E-state index in [2.05, 4.69) is 10.6 Å². The van der Waals surface area contributed by atoms with Crippen molar-refractivity contribution < 1.29 is 19.8 Å². The normalized spacial score (nSPS) is 19.8. The van der Waals surface area contributed by atoms with Gasteiger partial charge in [0, 0.05) is 25.3 Å². The SMILES string of the molecule is O=C(C=CCCCCCO)N[C@H]1CCC[C@H]1NC(=O)C=CCCCCCO. The van der Waals surface area contributed by atoms with Gasteiger partial charge >= 0.3 is 0 Å². The molecule has 1 aliphatic carbocycles. The van der Waals surface area contributed by atoms with E-state index < -0.39 is 0 Å². The molecule has 4 N–H and O–H groups in total. The maximum absolute atomic E-state index is 12.0. The summed E-state index contributed by atoms with van der Waals surface area (Å²) in [5.41, 5.74) is 0. The van der Waals surface area contributed by atoms with Gasteiger partial charge in [-0.25, -0.2) is 0 Å². The first-order valence-electron chi connectivity index (χ1n) is 10.3. The molecule has 6 nitrogen and oxygen atoms in total. The van der Waals surface area contributed by atoms with Crippen LogP contribution in [0.3, 0.4) is 0 Å². The Morgan fingerprint density at radius 1 is 0.741 bits per heavy atom. The lowest BCUT2D eigenvalue weighted by Crippen LogP contribution is -2.47. The number of allylic oxidation sites excluding steroid dienone is 2. The van der Waals surface area contributed by atoms with Crippen molar-refractivity contribution in [3.05, 3.63) is 24.3 Å². The van der Waals surface area contributed by atoms with Crippen molar-refractivity contribution in [1.29, 1.82) is 0 Å². The second kappa shape index (κ2) is 15.4. The summed E-state index contributed by atoms with van der Waals surface area (Å²) in [4.78, 5) is 24.1. The van der Waals surface area contributed by atoms with Gasteiger partial charge in [-0.05, 0) is 69.9 Å².